The summed E-state index contributed by atoms with van der Waals surface area (Å²) in [4.78, 5) is 18.0. The molecule has 2 aromatic rings. The molecular weight excluding hydrogens is 312 g/mol. The zero-order chi connectivity index (χ0) is 16.0. The van der Waals surface area contributed by atoms with Crippen molar-refractivity contribution >= 4 is 28.9 Å². The van der Waals surface area contributed by atoms with Gasteiger partial charge in [0.25, 0.3) is 0 Å². The number of rotatable bonds is 2. The molecule has 0 radical (unpaired) electrons. The molecule has 5 heteroatoms. The molecule has 1 spiro atoms. The number of aromatic nitrogens is 1. The number of halogens is 1. The van der Waals surface area contributed by atoms with Crippen LogP contribution in [0.2, 0.25) is 5.02 Å². The minimum Gasteiger partial charge on any atom is -0.477 e. The van der Waals surface area contributed by atoms with Crippen LogP contribution in [0, 0.1) is 0 Å². The third-order valence-electron chi connectivity index (χ3n) is 5.05. The summed E-state index contributed by atoms with van der Waals surface area (Å²) < 4.78 is 0. The first-order valence-electron chi connectivity index (χ1n) is 7.88. The summed E-state index contributed by atoms with van der Waals surface area (Å²) in [5, 5.41) is 9.98. The predicted octanol–water partition coefficient (Wildman–Crippen LogP) is 4.40. The van der Waals surface area contributed by atoms with Crippen LogP contribution in [0.15, 0.2) is 36.4 Å². The van der Waals surface area contributed by atoms with E-state index in [0.29, 0.717) is 5.02 Å². The third kappa shape index (κ3) is 2.20. The molecule has 1 aliphatic heterocycles. The number of pyridine rings is 1. The molecule has 0 saturated heterocycles. The molecule has 2 aliphatic rings. The van der Waals surface area contributed by atoms with E-state index < -0.39 is 5.97 Å². The maximum atomic E-state index is 11.3. The van der Waals surface area contributed by atoms with Crippen molar-refractivity contribution in [2.45, 2.75) is 31.1 Å². The van der Waals surface area contributed by atoms with Gasteiger partial charge in [-0.3, -0.25) is 0 Å². The molecule has 0 bridgehead atoms. The molecule has 118 valence electrons. The highest BCUT2D eigenvalue weighted by Crippen LogP contribution is 2.52. The number of aromatic carboxylic acids is 1. The van der Waals surface area contributed by atoms with Crippen LogP contribution < -0.4 is 4.90 Å². The quantitative estimate of drug-likeness (QED) is 0.888. The summed E-state index contributed by atoms with van der Waals surface area (Å²) in [6, 6.07) is 11.2. The molecule has 1 aliphatic carbocycles. The average Bonchev–Trinajstić information content (AvgIpc) is 3.14. The average molecular weight is 329 g/mol. The Morgan fingerprint density at radius 2 is 1.87 bits per heavy atom. The van der Waals surface area contributed by atoms with Crippen LogP contribution in [-0.4, -0.2) is 22.6 Å². The van der Waals surface area contributed by atoms with E-state index >= 15 is 0 Å². The largest absolute Gasteiger partial charge is 0.477 e. The van der Waals surface area contributed by atoms with Crippen LogP contribution in [0.4, 0.5) is 11.4 Å². The Morgan fingerprint density at radius 1 is 1.13 bits per heavy atom. The summed E-state index contributed by atoms with van der Waals surface area (Å²) >= 11 is 6.39. The smallest absolute Gasteiger partial charge is 0.354 e. The van der Waals surface area contributed by atoms with Gasteiger partial charge in [0.1, 0.15) is 5.69 Å². The first kappa shape index (κ1) is 14.5. The maximum absolute atomic E-state index is 11.3. The number of nitrogens with zero attached hydrogens (tertiary/aromatic N) is 2. The number of benzene rings is 1. The van der Waals surface area contributed by atoms with Crippen LogP contribution in [0.25, 0.3) is 0 Å². The van der Waals surface area contributed by atoms with Gasteiger partial charge >= 0.3 is 5.97 Å². The molecule has 0 atom stereocenters. The molecule has 1 saturated carbocycles. The number of carboxylic acids is 1. The van der Waals surface area contributed by atoms with E-state index in [1.54, 1.807) is 6.07 Å². The highest BCUT2D eigenvalue weighted by atomic mass is 35.5. The normalized spacial score (nSPS) is 18.4. The lowest BCUT2D eigenvalue weighted by molar-refractivity contribution is 0.0690. The number of carbonyl (C=O) groups is 1. The van der Waals surface area contributed by atoms with Crippen LogP contribution in [-0.2, 0) is 5.41 Å². The maximum Gasteiger partial charge on any atom is 0.354 e. The molecule has 0 amide bonds. The van der Waals surface area contributed by atoms with Crippen molar-refractivity contribution in [3.63, 3.8) is 0 Å². The fourth-order valence-electron chi connectivity index (χ4n) is 3.97. The highest BCUT2D eigenvalue weighted by molar-refractivity contribution is 6.33. The van der Waals surface area contributed by atoms with Gasteiger partial charge < -0.3 is 10.0 Å². The van der Waals surface area contributed by atoms with Gasteiger partial charge in [-0.05, 0) is 37.1 Å². The lowest BCUT2D eigenvalue weighted by atomic mass is 9.84. The molecule has 1 fully saturated rings. The van der Waals surface area contributed by atoms with Gasteiger partial charge in [0, 0.05) is 12.0 Å². The van der Waals surface area contributed by atoms with Crippen molar-refractivity contribution in [3.8, 4) is 0 Å². The number of para-hydroxylation sites is 1. The Labute approximate surface area is 139 Å². The summed E-state index contributed by atoms with van der Waals surface area (Å²) in [6.45, 7) is 0.822. The van der Waals surface area contributed by atoms with Crippen molar-refractivity contribution in [2.75, 3.05) is 11.4 Å². The number of carboxylic acid groups (broad SMARTS) is 1. The Bertz CT molecular complexity index is 784. The van der Waals surface area contributed by atoms with E-state index in [9.17, 15) is 9.90 Å². The fraction of sp³-hybridized carbons (Fsp3) is 0.333. The van der Waals surface area contributed by atoms with Gasteiger partial charge in [0.05, 0.1) is 22.1 Å². The Hall–Kier alpha value is -2.07. The van der Waals surface area contributed by atoms with Gasteiger partial charge in [-0.25, -0.2) is 9.78 Å². The zero-order valence-electron chi connectivity index (χ0n) is 12.6. The second kappa shape index (κ2) is 5.24. The second-order valence-electron chi connectivity index (χ2n) is 6.39. The van der Waals surface area contributed by atoms with E-state index in [4.69, 9.17) is 11.6 Å². The molecular formula is C18H17ClN2O2. The molecule has 23 heavy (non-hydrogen) atoms. The molecule has 0 unspecified atom stereocenters. The molecule has 4 nitrogen and oxygen atoms in total. The topological polar surface area (TPSA) is 53.4 Å². The van der Waals surface area contributed by atoms with Gasteiger partial charge in [0.15, 0.2) is 0 Å². The van der Waals surface area contributed by atoms with Crippen molar-refractivity contribution < 1.29 is 9.90 Å². The van der Waals surface area contributed by atoms with Gasteiger partial charge in [0.2, 0.25) is 0 Å². The molecule has 1 aromatic carbocycles. The SMILES string of the molecule is O=C(O)c1ccc2c(n1)C1(CCCC1)CN2c1ccccc1Cl. The first-order chi connectivity index (χ1) is 11.1. The van der Waals surface area contributed by atoms with E-state index in [0.717, 1.165) is 49.3 Å². The number of hydrogen-bond donors (Lipinski definition) is 1. The van der Waals surface area contributed by atoms with Gasteiger partial charge in [-0.2, -0.15) is 0 Å². The van der Waals surface area contributed by atoms with Crippen LogP contribution in [0.5, 0.6) is 0 Å². The summed E-state index contributed by atoms with van der Waals surface area (Å²) in [5.41, 5.74) is 2.96. The molecule has 2 heterocycles. The Morgan fingerprint density at radius 3 is 2.57 bits per heavy atom. The van der Waals surface area contributed by atoms with Crippen LogP contribution >= 0.6 is 11.6 Å². The molecule has 4 rings (SSSR count). The standard InChI is InChI=1S/C18H17ClN2O2/c19-12-5-1-2-6-14(12)21-11-18(9-3-4-10-18)16-15(21)8-7-13(20-16)17(22)23/h1-2,5-8H,3-4,9-11H2,(H,22,23). The minimum atomic E-state index is -0.975. The Kier molecular flexibility index (Phi) is 3.31. The fourth-order valence-corrected chi connectivity index (χ4v) is 4.21. The lowest BCUT2D eigenvalue weighted by Gasteiger charge is -2.25. The number of fused-ring (bicyclic) bond motifs is 2. The Balaban J connectivity index is 1.88. The molecule has 1 N–H and O–H groups in total. The van der Waals surface area contributed by atoms with E-state index in [1.165, 1.54) is 0 Å². The predicted molar refractivity (Wildman–Crippen MR) is 89.8 cm³/mol. The number of hydrogen-bond acceptors (Lipinski definition) is 3. The van der Waals surface area contributed by atoms with E-state index in [1.807, 2.05) is 30.3 Å². The van der Waals surface area contributed by atoms with Crippen LogP contribution in [0.3, 0.4) is 0 Å². The number of anilines is 2. The summed E-state index contributed by atoms with van der Waals surface area (Å²) in [5.74, 6) is -0.975. The third-order valence-corrected chi connectivity index (χ3v) is 5.37. The highest BCUT2D eigenvalue weighted by Gasteiger charge is 2.46. The van der Waals surface area contributed by atoms with Gasteiger partial charge in [-0.1, -0.05) is 36.6 Å². The summed E-state index contributed by atoms with van der Waals surface area (Å²) in [6.07, 6.45) is 4.43. The van der Waals surface area contributed by atoms with Gasteiger partial charge in [-0.15, -0.1) is 0 Å². The minimum absolute atomic E-state index is 0.0417. The first-order valence-corrected chi connectivity index (χ1v) is 8.25. The van der Waals surface area contributed by atoms with Crippen molar-refractivity contribution in [1.29, 1.82) is 0 Å². The van der Waals surface area contributed by atoms with Crippen LogP contribution in [0.1, 0.15) is 41.9 Å². The monoisotopic (exact) mass is 328 g/mol. The van der Waals surface area contributed by atoms with Crippen molar-refractivity contribution in [3.05, 3.63) is 52.8 Å². The van der Waals surface area contributed by atoms with Crippen molar-refractivity contribution in [1.82, 2.24) is 4.98 Å². The van der Waals surface area contributed by atoms with E-state index in [2.05, 4.69) is 9.88 Å². The zero-order valence-corrected chi connectivity index (χ0v) is 13.4. The van der Waals surface area contributed by atoms with E-state index in [-0.39, 0.29) is 11.1 Å². The summed E-state index contributed by atoms with van der Waals surface area (Å²) in [7, 11) is 0. The van der Waals surface area contributed by atoms with Crippen molar-refractivity contribution in [2.24, 2.45) is 0 Å². The second-order valence-corrected chi connectivity index (χ2v) is 6.80. The lowest BCUT2D eigenvalue weighted by Crippen LogP contribution is -2.29. The molecule has 1 aromatic heterocycles.